The fourth-order valence-corrected chi connectivity index (χ4v) is 8.11. The average molecular weight is 299 g/mol. The molecular formula is C14H25NO4Si. The van der Waals surface area contributed by atoms with Crippen molar-refractivity contribution >= 4 is 20.7 Å². The van der Waals surface area contributed by atoms with Crippen molar-refractivity contribution in [2.24, 2.45) is 4.99 Å². The van der Waals surface area contributed by atoms with Gasteiger partial charge < -0.3 is 13.6 Å². The first-order chi connectivity index (χ1) is 9.12. The highest BCUT2D eigenvalue weighted by Gasteiger charge is 2.63. The summed E-state index contributed by atoms with van der Waals surface area (Å²) < 4.78 is 17.9. The molecular weight excluding hydrogens is 274 g/mol. The molecule has 0 aromatic heterocycles. The van der Waals surface area contributed by atoms with Crippen LogP contribution < -0.4 is 0 Å². The fraction of sp³-hybridized carbons (Fsp3) is 0.857. The second-order valence-electron chi connectivity index (χ2n) is 7.54. The molecule has 1 fully saturated rings. The Kier molecular flexibility index (Phi) is 3.86. The zero-order valence-corrected chi connectivity index (χ0v) is 14.2. The van der Waals surface area contributed by atoms with Crippen LogP contribution in [-0.4, -0.2) is 46.1 Å². The van der Waals surface area contributed by atoms with Crippen molar-refractivity contribution in [3.05, 3.63) is 0 Å². The lowest BCUT2D eigenvalue weighted by atomic mass is 10.1. The molecule has 0 saturated carbocycles. The predicted molar refractivity (Wildman–Crippen MR) is 79.2 cm³/mol. The number of hydrogen-bond acceptors (Lipinski definition) is 5. The summed E-state index contributed by atoms with van der Waals surface area (Å²) >= 11 is 0. The van der Waals surface area contributed by atoms with E-state index < -0.39 is 8.56 Å². The fourth-order valence-electron chi connectivity index (χ4n) is 3.18. The van der Waals surface area contributed by atoms with Gasteiger partial charge in [-0.1, -0.05) is 41.5 Å². The average Bonchev–Trinajstić information content (AvgIpc) is 3.10. The van der Waals surface area contributed by atoms with Crippen molar-refractivity contribution in [2.45, 2.75) is 63.8 Å². The third kappa shape index (κ3) is 2.56. The van der Waals surface area contributed by atoms with E-state index in [0.717, 1.165) is 5.71 Å². The van der Waals surface area contributed by atoms with Gasteiger partial charge in [0, 0.05) is 10.1 Å². The third-order valence-corrected chi connectivity index (χ3v) is 9.06. The monoisotopic (exact) mass is 299 g/mol. The molecule has 0 aromatic rings. The van der Waals surface area contributed by atoms with Gasteiger partial charge in [0.15, 0.2) is 6.10 Å². The minimum Gasteiger partial charge on any atom is -0.459 e. The molecule has 0 radical (unpaired) electrons. The Balaban J connectivity index is 2.32. The number of rotatable bonds is 3. The van der Waals surface area contributed by atoms with Crippen molar-refractivity contribution in [3.63, 3.8) is 0 Å². The number of nitrogens with zero attached hydrogens (tertiary/aromatic N) is 1. The Morgan fingerprint density at radius 3 is 2.20 bits per heavy atom. The van der Waals surface area contributed by atoms with Crippen LogP contribution in [0.25, 0.3) is 0 Å². The largest absolute Gasteiger partial charge is 0.459 e. The second-order valence-corrected chi connectivity index (χ2v) is 12.3. The van der Waals surface area contributed by atoms with Crippen LogP contribution in [0, 0.1) is 0 Å². The van der Waals surface area contributed by atoms with E-state index in [9.17, 15) is 4.79 Å². The molecule has 0 N–H and O–H groups in total. The normalized spacial score (nSPS) is 29.6. The van der Waals surface area contributed by atoms with Gasteiger partial charge in [0.1, 0.15) is 6.10 Å². The molecule has 0 aromatic carbocycles. The molecule has 5 nitrogen and oxygen atoms in total. The minimum absolute atomic E-state index is 0.0783. The zero-order valence-electron chi connectivity index (χ0n) is 13.2. The summed E-state index contributed by atoms with van der Waals surface area (Å²) in [6.07, 6.45) is -0.613. The first kappa shape index (κ1) is 15.7. The van der Waals surface area contributed by atoms with Crippen LogP contribution in [0.5, 0.6) is 0 Å². The highest BCUT2D eigenvalue weighted by molar-refractivity contribution is 6.73. The molecule has 20 heavy (non-hydrogen) atoms. The lowest BCUT2D eigenvalue weighted by Gasteiger charge is -2.53. The smallest absolute Gasteiger partial charge is 0.350 e. The lowest BCUT2D eigenvalue weighted by molar-refractivity contribution is -0.144. The van der Waals surface area contributed by atoms with E-state index in [-0.39, 0.29) is 22.3 Å². The highest BCUT2D eigenvalue weighted by atomic mass is 28.4. The summed E-state index contributed by atoms with van der Waals surface area (Å²) in [5.74, 6) is 0. The van der Waals surface area contributed by atoms with Gasteiger partial charge in [-0.05, 0) is 0 Å². The van der Waals surface area contributed by atoms with E-state index in [4.69, 9.17) is 13.6 Å². The van der Waals surface area contributed by atoms with E-state index in [0.29, 0.717) is 19.6 Å². The van der Waals surface area contributed by atoms with Crippen LogP contribution >= 0.6 is 0 Å². The third-order valence-electron chi connectivity index (χ3n) is 3.96. The van der Waals surface area contributed by atoms with Gasteiger partial charge >= 0.3 is 8.56 Å². The molecule has 114 valence electrons. The zero-order chi connectivity index (χ0) is 15.2. The predicted octanol–water partition coefficient (Wildman–Crippen LogP) is 2.44. The standard InChI is InChI=1S/C14H25NO4Si/c1-13(2,3)20(14(4,5)6)18-8-11(17-9-16)12(19-20)10-7-15-10/h9,11-12H,7-8H2,1-6H3/t11-,12+/m1/s1. The van der Waals surface area contributed by atoms with Crippen LogP contribution in [0.15, 0.2) is 4.99 Å². The molecule has 6 heteroatoms. The van der Waals surface area contributed by atoms with Crippen molar-refractivity contribution in [2.75, 3.05) is 13.2 Å². The molecule has 0 unspecified atom stereocenters. The highest BCUT2D eigenvalue weighted by Crippen LogP contribution is 2.54. The van der Waals surface area contributed by atoms with Crippen LogP contribution in [-0.2, 0) is 18.4 Å². The van der Waals surface area contributed by atoms with Crippen LogP contribution in [0.3, 0.4) is 0 Å². The maximum absolute atomic E-state index is 10.7. The Morgan fingerprint density at radius 2 is 1.80 bits per heavy atom. The molecule has 2 rings (SSSR count). The summed E-state index contributed by atoms with van der Waals surface area (Å²) in [6, 6.07) is 0. The summed E-state index contributed by atoms with van der Waals surface area (Å²) in [4.78, 5) is 14.9. The maximum Gasteiger partial charge on any atom is 0.350 e. The van der Waals surface area contributed by atoms with Crippen molar-refractivity contribution in [1.29, 1.82) is 0 Å². The van der Waals surface area contributed by atoms with Crippen molar-refractivity contribution in [1.82, 2.24) is 0 Å². The first-order valence-electron chi connectivity index (χ1n) is 7.06. The quantitative estimate of drug-likeness (QED) is 0.593. The lowest BCUT2D eigenvalue weighted by Crippen LogP contribution is -2.66. The number of carbonyl (C=O) groups is 1. The van der Waals surface area contributed by atoms with Gasteiger partial charge in [-0.25, -0.2) is 0 Å². The maximum atomic E-state index is 10.7. The molecule has 1 saturated heterocycles. The summed E-state index contributed by atoms with van der Waals surface area (Å²) in [6.45, 7) is 14.6. The van der Waals surface area contributed by atoms with E-state index in [1.165, 1.54) is 0 Å². The van der Waals surface area contributed by atoms with E-state index in [1.807, 2.05) is 0 Å². The molecule has 2 aliphatic heterocycles. The summed E-state index contributed by atoms with van der Waals surface area (Å²) in [5.41, 5.74) is 0.991. The Bertz CT molecular complexity index is 408. The minimum atomic E-state index is -2.52. The Labute approximate surface area is 121 Å². The van der Waals surface area contributed by atoms with Gasteiger partial charge in [-0.15, -0.1) is 0 Å². The number of aliphatic imine (C=N–C) groups is 1. The van der Waals surface area contributed by atoms with E-state index in [1.54, 1.807) is 0 Å². The van der Waals surface area contributed by atoms with Gasteiger partial charge in [-0.3, -0.25) is 9.79 Å². The summed E-state index contributed by atoms with van der Waals surface area (Å²) in [5, 5.41) is -0.157. The van der Waals surface area contributed by atoms with Crippen molar-refractivity contribution in [3.8, 4) is 0 Å². The molecule has 0 amide bonds. The molecule has 0 aliphatic carbocycles. The first-order valence-corrected chi connectivity index (χ1v) is 8.88. The van der Waals surface area contributed by atoms with Crippen LogP contribution in [0.4, 0.5) is 0 Å². The van der Waals surface area contributed by atoms with Crippen LogP contribution in [0.1, 0.15) is 41.5 Å². The van der Waals surface area contributed by atoms with Gasteiger partial charge in [0.25, 0.3) is 6.47 Å². The van der Waals surface area contributed by atoms with Gasteiger partial charge in [0.05, 0.1) is 18.9 Å². The molecule has 2 atom stereocenters. The molecule has 0 spiro atoms. The Hall–Kier alpha value is -0.723. The van der Waals surface area contributed by atoms with Gasteiger partial charge in [0.2, 0.25) is 0 Å². The van der Waals surface area contributed by atoms with Crippen LogP contribution in [0.2, 0.25) is 10.1 Å². The number of hydrogen-bond donors (Lipinski definition) is 0. The SMILES string of the molecule is CC(C)(C)[Si]1(C(C)(C)C)OC[C@@H](OC=O)[C@H](C2=NC2)O1. The molecule has 2 heterocycles. The molecule has 2 aliphatic rings. The Morgan fingerprint density at radius 1 is 1.25 bits per heavy atom. The van der Waals surface area contributed by atoms with Crippen molar-refractivity contribution < 1.29 is 18.4 Å². The molecule has 0 bridgehead atoms. The summed E-state index contributed by atoms with van der Waals surface area (Å²) in [7, 11) is -2.52. The van der Waals surface area contributed by atoms with E-state index in [2.05, 4.69) is 46.5 Å². The van der Waals surface area contributed by atoms with E-state index >= 15 is 0 Å². The number of carbonyl (C=O) groups excluding carboxylic acids is 1. The van der Waals surface area contributed by atoms with Gasteiger partial charge in [-0.2, -0.15) is 0 Å². The topological polar surface area (TPSA) is 57.1 Å². The number of ether oxygens (including phenoxy) is 1. The second kappa shape index (κ2) is 4.93.